The van der Waals surface area contributed by atoms with E-state index in [9.17, 15) is 0 Å². The third-order valence-corrected chi connectivity index (χ3v) is 6.46. The topological polar surface area (TPSA) is 137 Å². The molecule has 0 atom stereocenters. The van der Waals surface area contributed by atoms with Crippen molar-refractivity contribution >= 4 is 52.0 Å². The van der Waals surface area contributed by atoms with Gasteiger partial charge < -0.3 is 16.0 Å². The van der Waals surface area contributed by atoms with E-state index in [-0.39, 0.29) is 5.28 Å². The molecule has 0 saturated heterocycles. The van der Waals surface area contributed by atoms with Gasteiger partial charge in [-0.25, -0.2) is 9.97 Å². The van der Waals surface area contributed by atoms with Gasteiger partial charge >= 0.3 is 0 Å². The molecule has 0 spiro atoms. The fourth-order valence-electron chi connectivity index (χ4n) is 3.95. The summed E-state index contributed by atoms with van der Waals surface area (Å²) in [7, 11) is 5.60. The number of halogens is 1. The molecule has 10 nitrogen and oxygen atoms in total. The lowest BCUT2D eigenvalue weighted by Crippen LogP contribution is -2.77. The van der Waals surface area contributed by atoms with Crippen LogP contribution >= 0.6 is 11.6 Å². The Bertz CT molecular complexity index is 1510. The highest BCUT2D eigenvalue weighted by Gasteiger charge is 2.23. The quantitative estimate of drug-likeness (QED) is 0.240. The van der Waals surface area contributed by atoms with Crippen molar-refractivity contribution in [3.63, 3.8) is 0 Å². The molecular formula is C27H30ClN10+. The van der Waals surface area contributed by atoms with Crippen LogP contribution in [0.2, 0.25) is 5.28 Å². The normalized spacial score (nSPS) is 14.8. The van der Waals surface area contributed by atoms with Crippen LogP contribution in [0, 0.1) is 5.41 Å². The molecule has 0 fully saturated rings. The Balaban J connectivity index is 1.77. The molecule has 1 aliphatic carbocycles. The predicted octanol–water partition coefficient (Wildman–Crippen LogP) is 3.79. The highest BCUT2D eigenvalue weighted by Crippen LogP contribution is 2.32. The molecule has 2 aromatic heterocycles. The third kappa shape index (κ3) is 5.46. The molecule has 38 heavy (non-hydrogen) atoms. The van der Waals surface area contributed by atoms with E-state index < -0.39 is 0 Å². The van der Waals surface area contributed by atoms with Crippen molar-refractivity contribution in [2.75, 3.05) is 36.7 Å². The van der Waals surface area contributed by atoms with E-state index in [1.54, 1.807) is 36.5 Å². The zero-order valence-electron chi connectivity index (χ0n) is 21.9. The SMILES string of the molecule is CN=C(C)c1ccc(N(C)c2ccnc(N(C3=CC(=N)C(=C(C)[NH2+]C)C=C3)c3ccnc(Cl)n3)n2)cc1N. The van der Waals surface area contributed by atoms with Gasteiger partial charge in [0.25, 0.3) is 0 Å². The summed E-state index contributed by atoms with van der Waals surface area (Å²) in [6.45, 7) is 3.90. The van der Waals surface area contributed by atoms with Crippen molar-refractivity contribution in [3.05, 3.63) is 88.8 Å². The van der Waals surface area contributed by atoms with Crippen LogP contribution in [0.4, 0.5) is 29.0 Å². The highest BCUT2D eigenvalue weighted by molar-refractivity contribution is 6.28. The van der Waals surface area contributed by atoms with Crippen molar-refractivity contribution in [1.82, 2.24) is 19.9 Å². The summed E-state index contributed by atoms with van der Waals surface area (Å²) in [5.74, 6) is 1.47. The molecule has 4 rings (SSSR count). The molecule has 1 aromatic carbocycles. The number of hydrogen-bond donors (Lipinski definition) is 3. The number of anilines is 5. The number of aliphatic imine (C=N–C) groups is 1. The van der Waals surface area contributed by atoms with Crippen LogP contribution in [0.5, 0.6) is 0 Å². The van der Waals surface area contributed by atoms with Gasteiger partial charge in [0.15, 0.2) is 0 Å². The van der Waals surface area contributed by atoms with E-state index in [0.717, 1.165) is 28.2 Å². The molecular weight excluding hydrogens is 500 g/mol. The highest BCUT2D eigenvalue weighted by atomic mass is 35.5. The summed E-state index contributed by atoms with van der Waals surface area (Å²) < 4.78 is 0. The second-order valence-electron chi connectivity index (χ2n) is 8.58. The summed E-state index contributed by atoms with van der Waals surface area (Å²) in [5, 5.41) is 10.7. The van der Waals surface area contributed by atoms with Crippen molar-refractivity contribution in [2.45, 2.75) is 13.8 Å². The van der Waals surface area contributed by atoms with Crippen molar-refractivity contribution < 1.29 is 5.32 Å². The number of rotatable bonds is 7. The van der Waals surface area contributed by atoms with Crippen molar-refractivity contribution in [2.24, 2.45) is 4.99 Å². The maximum absolute atomic E-state index is 8.61. The standard InChI is InChI=1S/C27H29ClN10/c1-16(31-3)20-8-6-18(14-22(20)29)37(5)24-10-13-34-27(36-24)38(25-11-12-33-26(28)35-25)19-7-9-21(17(2)32-4)23(30)15-19/h6-15,30,32H,29H2,1-5H3/p+1. The molecule has 5 N–H and O–H groups in total. The minimum Gasteiger partial charge on any atom is -0.398 e. The Morgan fingerprint density at radius 3 is 2.45 bits per heavy atom. The summed E-state index contributed by atoms with van der Waals surface area (Å²) in [4.78, 5) is 25.7. The lowest BCUT2D eigenvalue weighted by Gasteiger charge is -2.26. The van der Waals surface area contributed by atoms with Gasteiger partial charge in [-0.2, -0.15) is 9.97 Å². The van der Waals surface area contributed by atoms with E-state index in [2.05, 4.69) is 19.9 Å². The van der Waals surface area contributed by atoms with Crippen molar-refractivity contribution in [3.8, 4) is 0 Å². The molecule has 0 saturated carbocycles. The predicted molar refractivity (Wildman–Crippen MR) is 154 cm³/mol. The lowest BCUT2D eigenvalue weighted by atomic mass is 10.0. The monoisotopic (exact) mass is 529 g/mol. The largest absolute Gasteiger partial charge is 0.398 e. The van der Waals surface area contributed by atoms with Crippen LogP contribution in [0.25, 0.3) is 0 Å². The fourth-order valence-corrected chi connectivity index (χ4v) is 4.09. The van der Waals surface area contributed by atoms with Crippen LogP contribution in [-0.4, -0.2) is 52.5 Å². The van der Waals surface area contributed by atoms with Crippen LogP contribution in [0.1, 0.15) is 19.4 Å². The zero-order chi connectivity index (χ0) is 27.4. The maximum atomic E-state index is 8.61. The van der Waals surface area contributed by atoms with Gasteiger partial charge in [0.1, 0.15) is 17.3 Å². The first-order valence-corrected chi connectivity index (χ1v) is 12.3. The molecule has 3 aromatic rings. The van der Waals surface area contributed by atoms with Gasteiger partial charge in [0.05, 0.1) is 24.0 Å². The average Bonchev–Trinajstić information content (AvgIpc) is 2.92. The molecule has 0 amide bonds. The van der Waals surface area contributed by atoms with Crippen LogP contribution < -0.4 is 20.9 Å². The molecule has 0 radical (unpaired) electrons. The van der Waals surface area contributed by atoms with E-state index in [4.69, 9.17) is 27.7 Å². The first-order valence-electron chi connectivity index (χ1n) is 11.9. The summed E-state index contributed by atoms with van der Waals surface area (Å²) in [6, 6.07) is 9.34. The number of aromatic nitrogens is 4. The Hall–Kier alpha value is -4.41. The minimum atomic E-state index is 0.0923. The van der Waals surface area contributed by atoms with Crippen LogP contribution in [0.3, 0.4) is 0 Å². The smallest absolute Gasteiger partial charge is 0.237 e. The number of nitrogens with two attached hydrogens (primary N) is 2. The average molecular weight is 530 g/mol. The second-order valence-corrected chi connectivity index (χ2v) is 8.91. The summed E-state index contributed by atoms with van der Waals surface area (Å²) in [5.41, 5.74) is 12.5. The fraction of sp³-hybridized carbons (Fsp3) is 0.185. The molecule has 2 heterocycles. The van der Waals surface area contributed by atoms with Gasteiger partial charge in [0.2, 0.25) is 11.2 Å². The molecule has 194 valence electrons. The number of nitrogens with one attached hydrogen (secondary N) is 1. The number of nitrogens with zero attached hydrogens (tertiary/aromatic N) is 7. The van der Waals surface area contributed by atoms with Crippen LogP contribution in [0.15, 0.2) is 82.9 Å². The molecule has 0 unspecified atom stereocenters. The number of allylic oxidation sites excluding steroid dienone is 5. The lowest BCUT2D eigenvalue weighted by molar-refractivity contribution is -0.576. The van der Waals surface area contributed by atoms with Gasteiger partial charge in [0, 0.05) is 56.1 Å². The number of quaternary nitrogens is 1. The Kier molecular flexibility index (Phi) is 7.94. The van der Waals surface area contributed by atoms with Gasteiger partial charge in [-0.15, -0.1) is 0 Å². The number of benzene rings is 1. The van der Waals surface area contributed by atoms with Gasteiger partial charge in [-0.1, -0.05) is 0 Å². The second kappa shape index (κ2) is 11.3. The Labute approximate surface area is 226 Å². The Morgan fingerprint density at radius 1 is 1.05 bits per heavy atom. The zero-order valence-corrected chi connectivity index (χ0v) is 22.7. The van der Waals surface area contributed by atoms with Gasteiger partial charge in [-0.3, -0.25) is 15.3 Å². The van der Waals surface area contributed by atoms with Crippen LogP contribution in [-0.2, 0) is 0 Å². The molecule has 0 aliphatic heterocycles. The molecule has 11 heteroatoms. The maximum Gasteiger partial charge on any atom is 0.237 e. The third-order valence-electron chi connectivity index (χ3n) is 6.28. The number of nitrogen functional groups attached to an aromatic ring is 1. The summed E-state index contributed by atoms with van der Waals surface area (Å²) in [6.07, 6.45) is 8.82. The first-order chi connectivity index (χ1) is 18.2. The van der Waals surface area contributed by atoms with E-state index >= 15 is 0 Å². The minimum absolute atomic E-state index is 0.0923. The van der Waals surface area contributed by atoms with E-state index in [0.29, 0.717) is 34.7 Å². The first kappa shape index (κ1) is 26.6. The Morgan fingerprint density at radius 2 is 1.79 bits per heavy atom. The number of hydrogen-bond acceptors (Lipinski definition) is 9. The molecule has 0 bridgehead atoms. The summed E-state index contributed by atoms with van der Waals surface area (Å²) >= 11 is 6.14. The molecule has 1 aliphatic rings. The van der Waals surface area contributed by atoms with E-state index in [1.807, 2.05) is 74.6 Å². The van der Waals surface area contributed by atoms with E-state index in [1.165, 1.54) is 0 Å². The van der Waals surface area contributed by atoms with Crippen molar-refractivity contribution in [1.29, 1.82) is 5.41 Å². The van der Waals surface area contributed by atoms with Gasteiger partial charge in [-0.05, 0) is 67.1 Å².